The number of carbonyl (C=O) groups is 2. The molecular formula is C11H9FN2O2. The Kier molecular flexibility index (Phi) is 1.64. The molecule has 1 aromatic carbocycles. The lowest BCUT2D eigenvalue weighted by molar-refractivity contribution is -0.123. The van der Waals surface area contributed by atoms with Crippen LogP contribution in [0.1, 0.15) is 6.42 Å². The quantitative estimate of drug-likeness (QED) is 0.565. The van der Waals surface area contributed by atoms with E-state index in [1.54, 1.807) is 0 Å². The number of nitrogens with zero attached hydrogens (tertiary/aromatic N) is 1. The second-order valence-corrected chi connectivity index (χ2v) is 4.20. The van der Waals surface area contributed by atoms with E-state index in [0.29, 0.717) is 6.42 Å². The molecule has 1 heterocycles. The Morgan fingerprint density at radius 1 is 1.19 bits per heavy atom. The van der Waals surface area contributed by atoms with Crippen molar-refractivity contribution in [3.05, 3.63) is 24.0 Å². The highest BCUT2D eigenvalue weighted by molar-refractivity contribution is 6.24. The fourth-order valence-electron chi connectivity index (χ4n) is 2.16. The maximum Gasteiger partial charge on any atom is 0.237 e. The first kappa shape index (κ1) is 9.33. The number of amides is 2. The highest BCUT2D eigenvalue weighted by Gasteiger charge is 2.59. The monoisotopic (exact) mass is 220 g/mol. The number of hydrogen-bond donors (Lipinski definition) is 1. The molecule has 0 bridgehead atoms. The lowest BCUT2D eigenvalue weighted by atomic mass is 10.2. The van der Waals surface area contributed by atoms with Crippen molar-refractivity contribution < 1.29 is 14.0 Å². The molecule has 2 amide bonds. The van der Waals surface area contributed by atoms with Crippen LogP contribution >= 0.6 is 0 Å². The van der Waals surface area contributed by atoms with Crippen LogP contribution in [0, 0.1) is 17.7 Å². The first-order valence-corrected chi connectivity index (χ1v) is 5.02. The second-order valence-electron chi connectivity index (χ2n) is 4.20. The Labute approximate surface area is 90.8 Å². The van der Waals surface area contributed by atoms with E-state index in [2.05, 4.69) is 0 Å². The molecule has 82 valence electrons. The normalized spacial score (nSPS) is 27.2. The highest BCUT2D eigenvalue weighted by Crippen LogP contribution is 2.48. The van der Waals surface area contributed by atoms with E-state index in [1.165, 1.54) is 6.07 Å². The molecule has 2 unspecified atom stereocenters. The summed E-state index contributed by atoms with van der Waals surface area (Å²) in [5, 5.41) is 0. The third kappa shape index (κ3) is 1.14. The van der Waals surface area contributed by atoms with Gasteiger partial charge in [0.15, 0.2) is 0 Å². The maximum absolute atomic E-state index is 13.1. The van der Waals surface area contributed by atoms with E-state index in [4.69, 9.17) is 5.73 Å². The van der Waals surface area contributed by atoms with Gasteiger partial charge in [-0.05, 0) is 24.6 Å². The van der Waals surface area contributed by atoms with Gasteiger partial charge in [-0.15, -0.1) is 0 Å². The van der Waals surface area contributed by atoms with Crippen LogP contribution in [0.5, 0.6) is 0 Å². The van der Waals surface area contributed by atoms with E-state index in [1.807, 2.05) is 0 Å². The number of nitrogens with two attached hydrogens (primary N) is 1. The van der Waals surface area contributed by atoms with Crippen LogP contribution in [-0.4, -0.2) is 11.8 Å². The van der Waals surface area contributed by atoms with Crippen LogP contribution < -0.4 is 10.6 Å². The molecule has 5 heteroatoms. The van der Waals surface area contributed by atoms with Crippen LogP contribution in [0.3, 0.4) is 0 Å². The van der Waals surface area contributed by atoms with Gasteiger partial charge in [-0.25, -0.2) is 9.29 Å². The minimum atomic E-state index is -0.545. The lowest BCUT2D eigenvalue weighted by Gasteiger charge is -2.16. The van der Waals surface area contributed by atoms with Crippen LogP contribution in [0.2, 0.25) is 0 Å². The number of hydrogen-bond acceptors (Lipinski definition) is 3. The summed E-state index contributed by atoms with van der Waals surface area (Å²) in [5.74, 6) is -1.38. The molecule has 3 rings (SSSR count). The number of rotatable bonds is 1. The number of anilines is 2. The summed E-state index contributed by atoms with van der Waals surface area (Å²) in [7, 11) is 0. The van der Waals surface area contributed by atoms with Crippen molar-refractivity contribution in [2.75, 3.05) is 10.6 Å². The molecule has 2 fully saturated rings. The molecule has 4 nitrogen and oxygen atoms in total. The topological polar surface area (TPSA) is 63.4 Å². The van der Waals surface area contributed by atoms with Gasteiger partial charge in [-0.1, -0.05) is 0 Å². The van der Waals surface area contributed by atoms with Crippen molar-refractivity contribution in [2.45, 2.75) is 6.42 Å². The molecule has 2 aliphatic rings. The zero-order valence-corrected chi connectivity index (χ0v) is 8.31. The molecule has 0 spiro atoms. The van der Waals surface area contributed by atoms with Gasteiger partial charge in [0, 0.05) is 5.69 Å². The average molecular weight is 220 g/mol. The minimum Gasteiger partial charge on any atom is -0.399 e. The molecule has 1 aliphatic carbocycles. The van der Waals surface area contributed by atoms with Crippen molar-refractivity contribution in [1.29, 1.82) is 0 Å². The smallest absolute Gasteiger partial charge is 0.237 e. The molecule has 16 heavy (non-hydrogen) atoms. The summed E-state index contributed by atoms with van der Waals surface area (Å²) in [5.41, 5.74) is 5.92. The van der Waals surface area contributed by atoms with Gasteiger partial charge in [-0.2, -0.15) is 0 Å². The lowest BCUT2D eigenvalue weighted by Crippen LogP contribution is -2.32. The predicted octanol–water partition coefficient (Wildman–Crippen LogP) is 0.917. The predicted molar refractivity (Wildman–Crippen MR) is 54.9 cm³/mol. The third-order valence-corrected chi connectivity index (χ3v) is 3.03. The summed E-state index contributed by atoms with van der Waals surface area (Å²) in [6, 6.07) is 3.73. The van der Waals surface area contributed by atoms with Gasteiger partial charge in [0.05, 0.1) is 17.5 Å². The summed E-state index contributed by atoms with van der Waals surface area (Å²) in [6.45, 7) is 0. The Bertz CT molecular complexity index is 474. The van der Waals surface area contributed by atoms with Crippen LogP contribution in [-0.2, 0) is 9.59 Å². The number of carbonyl (C=O) groups excluding carboxylic acids is 2. The standard InChI is InChI=1S/C11H9FN2O2/c12-5-1-6(13)3-7(2-5)14-10(15)8-4-9(8)11(14)16/h1-3,8-9H,4,13H2. The van der Waals surface area contributed by atoms with Crippen molar-refractivity contribution in [2.24, 2.45) is 11.8 Å². The average Bonchev–Trinajstić information content (AvgIpc) is 2.90. The Hall–Kier alpha value is -1.91. The fraction of sp³-hybridized carbons (Fsp3) is 0.273. The summed E-state index contributed by atoms with van der Waals surface area (Å²) in [6.07, 6.45) is 0.638. The number of imide groups is 1. The summed E-state index contributed by atoms with van der Waals surface area (Å²) >= 11 is 0. The molecule has 2 N–H and O–H groups in total. The van der Waals surface area contributed by atoms with Gasteiger partial charge in [0.1, 0.15) is 5.82 Å². The van der Waals surface area contributed by atoms with E-state index in [-0.39, 0.29) is 35.0 Å². The molecule has 1 aliphatic heterocycles. The molecule has 1 aromatic rings. The molecule has 1 saturated heterocycles. The largest absolute Gasteiger partial charge is 0.399 e. The highest BCUT2D eigenvalue weighted by atomic mass is 19.1. The third-order valence-electron chi connectivity index (χ3n) is 3.03. The number of piperidine rings is 1. The van der Waals surface area contributed by atoms with Gasteiger partial charge < -0.3 is 5.73 Å². The van der Waals surface area contributed by atoms with Crippen molar-refractivity contribution in [1.82, 2.24) is 0 Å². The fourth-order valence-corrected chi connectivity index (χ4v) is 2.16. The Balaban J connectivity index is 2.04. The molecule has 2 atom stereocenters. The van der Waals surface area contributed by atoms with Crippen LogP contribution in [0.15, 0.2) is 18.2 Å². The zero-order valence-electron chi connectivity index (χ0n) is 8.31. The zero-order chi connectivity index (χ0) is 11.4. The molecule has 0 radical (unpaired) electrons. The van der Waals surface area contributed by atoms with Gasteiger partial charge in [-0.3, -0.25) is 9.59 Å². The van der Waals surface area contributed by atoms with Crippen LogP contribution in [0.25, 0.3) is 0 Å². The Morgan fingerprint density at radius 2 is 1.81 bits per heavy atom. The van der Waals surface area contributed by atoms with Gasteiger partial charge >= 0.3 is 0 Å². The number of halogens is 1. The Morgan fingerprint density at radius 3 is 2.38 bits per heavy atom. The van der Waals surface area contributed by atoms with E-state index >= 15 is 0 Å². The van der Waals surface area contributed by atoms with Crippen molar-refractivity contribution >= 4 is 23.2 Å². The first-order chi connectivity index (χ1) is 7.58. The molecule has 0 aromatic heterocycles. The second kappa shape index (κ2) is 2.81. The number of nitrogen functional groups attached to an aromatic ring is 1. The number of benzene rings is 1. The van der Waals surface area contributed by atoms with Crippen LogP contribution in [0.4, 0.5) is 15.8 Å². The maximum atomic E-state index is 13.1. The molecule has 1 saturated carbocycles. The SMILES string of the molecule is Nc1cc(F)cc(N2C(=O)C3CC3C2=O)c1. The minimum absolute atomic E-state index is 0.183. The molecular weight excluding hydrogens is 211 g/mol. The summed E-state index contributed by atoms with van der Waals surface area (Å²) < 4.78 is 13.1. The first-order valence-electron chi connectivity index (χ1n) is 5.02. The van der Waals surface area contributed by atoms with E-state index in [9.17, 15) is 14.0 Å². The van der Waals surface area contributed by atoms with Crippen molar-refractivity contribution in [3.63, 3.8) is 0 Å². The van der Waals surface area contributed by atoms with Gasteiger partial charge in [0.25, 0.3) is 0 Å². The van der Waals surface area contributed by atoms with Crippen molar-refractivity contribution in [3.8, 4) is 0 Å². The van der Waals surface area contributed by atoms with E-state index < -0.39 is 5.82 Å². The van der Waals surface area contributed by atoms with E-state index in [0.717, 1.165) is 17.0 Å². The number of fused-ring (bicyclic) bond motifs is 1. The van der Waals surface area contributed by atoms with Gasteiger partial charge in [0.2, 0.25) is 11.8 Å². The summed E-state index contributed by atoms with van der Waals surface area (Å²) in [4.78, 5) is 24.5.